The van der Waals surface area contributed by atoms with E-state index in [9.17, 15) is 10.2 Å². The second-order valence-corrected chi connectivity index (χ2v) is 13.1. The first-order valence-electron chi connectivity index (χ1n) is 11.2. The van der Waals surface area contributed by atoms with Crippen LogP contribution >= 0.6 is 11.8 Å². The van der Waals surface area contributed by atoms with E-state index >= 15 is 0 Å². The van der Waals surface area contributed by atoms with Crippen LogP contribution in [0.2, 0.25) is 0 Å². The van der Waals surface area contributed by atoms with Crippen molar-refractivity contribution in [2.75, 3.05) is 11.5 Å². The van der Waals surface area contributed by atoms with E-state index in [0.29, 0.717) is 23.7 Å². The summed E-state index contributed by atoms with van der Waals surface area (Å²) in [5, 5.41) is 21.1. The number of rotatable bonds is 4. The molecule has 0 bridgehead atoms. The maximum Gasteiger partial charge on any atom is 0.0576 e. The van der Waals surface area contributed by atoms with E-state index in [0.717, 1.165) is 24.7 Å². The quantitative estimate of drug-likeness (QED) is 0.623. The predicted octanol–water partition coefficient (Wildman–Crippen LogP) is 5.86. The Morgan fingerprint density at radius 2 is 1.00 bits per heavy atom. The standard InChI is InChI=1S/C24H46O2S/c1-15-9-21(25)19(23(3,4)5)11-17(15)13-27-14-18-12-20(24(6,7)8)22(26)10-16(18)2/h15-22,25-26H,9-14H2,1-8H3. The molecule has 2 aliphatic carbocycles. The minimum absolute atomic E-state index is 0.131. The minimum Gasteiger partial charge on any atom is -0.393 e. The van der Waals surface area contributed by atoms with Crippen LogP contribution in [0.5, 0.6) is 0 Å². The van der Waals surface area contributed by atoms with Crippen LogP contribution in [0, 0.1) is 46.3 Å². The molecule has 2 aliphatic rings. The van der Waals surface area contributed by atoms with Crippen LogP contribution in [0.4, 0.5) is 0 Å². The summed E-state index contributed by atoms with van der Waals surface area (Å²) in [6.07, 6.45) is 4.00. The van der Waals surface area contributed by atoms with E-state index in [1.165, 1.54) is 24.3 Å². The molecule has 2 fully saturated rings. The van der Waals surface area contributed by atoms with Crippen molar-refractivity contribution in [3.63, 3.8) is 0 Å². The molecule has 160 valence electrons. The van der Waals surface area contributed by atoms with Crippen LogP contribution in [-0.4, -0.2) is 33.9 Å². The van der Waals surface area contributed by atoms with Gasteiger partial charge in [0.15, 0.2) is 0 Å². The number of hydrogen-bond donors (Lipinski definition) is 2. The summed E-state index contributed by atoms with van der Waals surface area (Å²) in [7, 11) is 0. The van der Waals surface area contributed by atoms with Crippen LogP contribution in [0.1, 0.15) is 81.1 Å². The number of aliphatic hydroxyl groups is 2. The Labute approximate surface area is 173 Å². The fourth-order valence-corrected chi connectivity index (χ4v) is 7.27. The van der Waals surface area contributed by atoms with Crippen molar-refractivity contribution in [3.8, 4) is 0 Å². The van der Waals surface area contributed by atoms with Crippen molar-refractivity contribution in [1.82, 2.24) is 0 Å². The molecule has 27 heavy (non-hydrogen) atoms. The van der Waals surface area contributed by atoms with Crippen molar-refractivity contribution in [2.24, 2.45) is 46.3 Å². The lowest BCUT2D eigenvalue weighted by Crippen LogP contribution is -2.42. The number of thioether (sulfide) groups is 1. The monoisotopic (exact) mass is 398 g/mol. The van der Waals surface area contributed by atoms with Crippen molar-refractivity contribution < 1.29 is 10.2 Å². The van der Waals surface area contributed by atoms with Gasteiger partial charge in [0.25, 0.3) is 0 Å². The van der Waals surface area contributed by atoms with Crippen molar-refractivity contribution >= 4 is 11.8 Å². The van der Waals surface area contributed by atoms with Gasteiger partial charge in [-0.1, -0.05) is 55.4 Å². The average Bonchev–Trinajstić information content (AvgIpc) is 2.48. The van der Waals surface area contributed by atoms with Gasteiger partial charge >= 0.3 is 0 Å². The molecule has 2 rings (SSSR count). The van der Waals surface area contributed by atoms with Crippen LogP contribution in [0.15, 0.2) is 0 Å². The van der Waals surface area contributed by atoms with Gasteiger partial charge in [-0.3, -0.25) is 0 Å². The molecule has 0 spiro atoms. The largest absolute Gasteiger partial charge is 0.393 e. The maximum atomic E-state index is 10.6. The number of hydrogen-bond acceptors (Lipinski definition) is 3. The molecule has 0 aromatic carbocycles. The van der Waals surface area contributed by atoms with Gasteiger partial charge in [-0.25, -0.2) is 0 Å². The Morgan fingerprint density at radius 3 is 1.30 bits per heavy atom. The predicted molar refractivity (Wildman–Crippen MR) is 119 cm³/mol. The molecule has 0 aromatic rings. The summed E-state index contributed by atoms with van der Waals surface area (Å²) in [4.78, 5) is 0. The van der Waals surface area contributed by atoms with E-state index in [2.05, 4.69) is 67.2 Å². The van der Waals surface area contributed by atoms with E-state index in [-0.39, 0.29) is 23.0 Å². The van der Waals surface area contributed by atoms with E-state index in [1.54, 1.807) is 0 Å². The van der Waals surface area contributed by atoms with E-state index in [4.69, 9.17) is 0 Å². The molecule has 0 amide bonds. The van der Waals surface area contributed by atoms with Crippen LogP contribution in [0.3, 0.4) is 0 Å². The first kappa shape index (κ1) is 23.5. The second kappa shape index (κ2) is 8.96. The first-order valence-corrected chi connectivity index (χ1v) is 12.4. The molecule has 0 aromatic heterocycles. The van der Waals surface area contributed by atoms with E-state index < -0.39 is 0 Å². The van der Waals surface area contributed by atoms with Crippen molar-refractivity contribution in [1.29, 1.82) is 0 Å². The first-order chi connectivity index (χ1) is 12.3. The summed E-state index contributed by atoms with van der Waals surface area (Å²) >= 11 is 2.14. The van der Waals surface area contributed by atoms with Crippen molar-refractivity contribution in [3.05, 3.63) is 0 Å². The maximum absolute atomic E-state index is 10.6. The fraction of sp³-hybridized carbons (Fsp3) is 1.00. The zero-order valence-electron chi connectivity index (χ0n) is 19.2. The SMILES string of the molecule is CC1CC(O)C(C(C)(C)C)CC1CSCC1CC(C(C)(C)C)C(O)CC1C. The highest BCUT2D eigenvalue weighted by Crippen LogP contribution is 2.46. The average molecular weight is 399 g/mol. The van der Waals surface area contributed by atoms with Crippen LogP contribution < -0.4 is 0 Å². The Balaban J connectivity index is 1.89. The highest BCUT2D eigenvalue weighted by Gasteiger charge is 2.41. The molecule has 0 heterocycles. The Hall–Kier alpha value is 0.270. The molecular formula is C24H46O2S. The van der Waals surface area contributed by atoms with E-state index in [1.807, 2.05) is 0 Å². The van der Waals surface area contributed by atoms with Gasteiger partial charge in [-0.05, 0) is 83.5 Å². The summed E-state index contributed by atoms with van der Waals surface area (Å²) in [6.45, 7) is 18.4. The van der Waals surface area contributed by atoms with Gasteiger partial charge in [-0.2, -0.15) is 11.8 Å². The lowest BCUT2D eigenvalue weighted by Gasteiger charge is -2.45. The Kier molecular flexibility index (Phi) is 7.81. The molecule has 2 N–H and O–H groups in total. The molecule has 3 heteroatoms. The molecule has 8 unspecified atom stereocenters. The second-order valence-electron chi connectivity index (χ2n) is 12.0. The number of aliphatic hydroxyl groups excluding tert-OH is 2. The zero-order valence-corrected chi connectivity index (χ0v) is 20.0. The molecule has 2 saturated carbocycles. The topological polar surface area (TPSA) is 40.5 Å². The third kappa shape index (κ3) is 6.12. The van der Waals surface area contributed by atoms with Crippen molar-refractivity contribution in [2.45, 2.75) is 93.3 Å². The van der Waals surface area contributed by atoms with Gasteiger partial charge in [-0.15, -0.1) is 0 Å². The highest BCUT2D eigenvalue weighted by atomic mass is 32.2. The minimum atomic E-state index is -0.131. The molecule has 0 saturated heterocycles. The Morgan fingerprint density at radius 1 is 0.667 bits per heavy atom. The van der Waals surface area contributed by atoms with Gasteiger partial charge in [0.1, 0.15) is 0 Å². The molecule has 0 aliphatic heterocycles. The third-order valence-electron chi connectivity index (χ3n) is 7.77. The molecular weight excluding hydrogens is 352 g/mol. The summed E-state index contributed by atoms with van der Waals surface area (Å²) < 4.78 is 0. The molecule has 0 radical (unpaired) electrons. The fourth-order valence-electron chi connectivity index (χ4n) is 5.60. The zero-order chi connectivity index (χ0) is 20.6. The third-order valence-corrected chi connectivity index (χ3v) is 9.09. The summed E-state index contributed by atoms with van der Waals surface area (Å²) in [5.74, 6) is 6.01. The lowest BCUT2D eigenvalue weighted by atomic mass is 9.65. The summed E-state index contributed by atoms with van der Waals surface area (Å²) in [5.41, 5.74) is 0.382. The van der Waals surface area contributed by atoms with Gasteiger partial charge in [0.2, 0.25) is 0 Å². The van der Waals surface area contributed by atoms with Crippen LogP contribution in [0.25, 0.3) is 0 Å². The van der Waals surface area contributed by atoms with Gasteiger partial charge < -0.3 is 10.2 Å². The highest BCUT2D eigenvalue weighted by molar-refractivity contribution is 7.99. The van der Waals surface area contributed by atoms with Gasteiger partial charge in [0, 0.05) is 0 Å². The Bertz CT molecular complexity index is 422. The smallest absolute Gasteiger partial charge is 0.0576 e. The molecule has 2 nitrogen and oxygen atoms in total. The normalized spacial score (nSPS) is 41.6. The lowest BCUT2D eigenvalue weighted by molar-refractivity contribution is -0.0256. The summed E-state index contributed by atoms with van der Waals surface area (Å²) in [6, 6.07) is 0. The van der Waals surface area contributed by atoms with Gasteiger partial charge in [0.05, 0.1) is 12.2 Å². The van der Waals surface area contributed by atoms with Crippen LogP contribution in [-0.2, 0) is 0 Å². The molecule has 8 atom stereocenters.